The van der Waals surface area contributed by atoms with Crippen LogP contribution in [0.5, 0.6) is 0 Å². The van der Waals surface area contributed by atoms with E-state index in [0.29, 0.717) is 11.4 Å². The summed E-state index contributed by atoms with van der Waals surface area (Å²) in [5, 5.41) is 3.20. The van der Waals surface area contributed by atoms with Crippen LogP contribution in [-0.4, -0.2) is 0 Å². The molecule has 4 heteroatoms. The van der Waals surface area contributed by atoms with Crippen LogP contribution in [0.4, 0.5) is 21.5 Å². The molecular formula is C14H14ClFN2. The molecule has 0 radical (unpaired) electrons. The fraction of sp³-hybridized carbons (Fsp3) is 0.143. The first-order valence-corrected chi connectivity index (χ1v) is 5.93. The Morgan fingerprint density at radius 2 is 1.67 bits per heavy atom. The maximum Gasteiger partial charge on any atom is 0.143 e. The maximum atomic E-state index is 13.2. The smallest absolute Gasteiger partial charge is 0.143 e. The van der Waals surface area contributed by atoms with Crippen molar-refractivity contribution in [1.82, 2.24) is 0 Å². The standard InChI is InChI=1S/C14H14ClFN2/c1-8-3-9(2)5-10(4-8)18-14-6-11(15)12(16)7-13(14)17/h3-7,18H,17H2,1-2H3. The molecule has 0 aliphatic heterocycles. The summed E-state index contributed by atoms with van der Waals surface area (Å²) in [5.74, 6) is -0.514. The van der Waals surface area contributed by atoms with Crippen molar-refractivity contribution in [3.63, 3.8) is 0 Å². The van der Waals surface area contributed by atoms with Crippen molar-refractivity contribution in [1.29, 1.82) is 0 Å². The minimum Gasteiger partial charge on any atom is -0.397 e. The normalized spacial score (nSPS) is 10.4. The maximum absolute atomic E-state index is 13.2. The second-order valence-corrected chi connectivity index (χ2v) is 4.76. The SMILES string of the molecule is Cc1cc(C)cc(Nc2cc(Cl)c(F)cc2N)c1. The van der Waals surface area contributed by atoms with Crippen molar-refractivity contribution in [3.8, 4) is 0 Å². The van der Waals surface area contributed by atoms with Crippen molar-refractivity contribution in [2.45, 2.75) is 13.8 Å². The minimum absolute atomic E-state index is 0.0519. The molecule has 0 fully saturated rings. The summed E-state index contributed by atoms with van der Waals surface area (Å²) < 4.78 is 13.2. The van der Waals surface area contributed by atoms with Gasteiger partial charge < -0.3 is 11.1 Å². The van der Waals surface area contributed by atoms with E-state index >= 15 is 0 Å². The molecule has 0 saturated carbocycles. The second-order valence-electron chi connectivity index (χ2n) is 4.35. The van der Waals surface area contributed by atoms with Gasteiger partial charge >= 0.3 is 0 Å². The zero-order valence-electron chi connectivity index (χ0n) is 10.2. The van der Waals surface area contributed by atoms with Gasteiger partial charge in [-0.25, -0.2) is 4.39 Å². The molecule has 0 unspecified atom stereocenters. The molecule has 0 aliphatic rings. The molecule has 18 heavy (non-hydrogen) atoms. The van der Waals surface area contributed by atoms with Crippen LogP contribution in [0.15, 0.2) is 30.3 Å². The van der Waals surface area contributed by atoms with Crippen molar-refractivity contribution in [2.24, 2.45) is 0 Å². The third kappa shape index (κ3) is 2.74. The van der Waals surface area contributed by atoms with E-state index in [1.807, 2.05) is 26.0 Å². The second kappa shape index (κ2) is 4.86. The summed E-state index contributed by atoms with van der Waals surface area (Å²) in [4.78, 5) is 0. The molecule has 0 bridgehead atoms. The molecular weight excluding hydrogens is 251 g/mol. The number of aryl methyl sites for hydroxylation is 2. The number of hydrogen-bond acceptors (Lipinski definition) is 2. The monoisotopic (exact) mass is 264 g/mol. The van der Waals surface area contributed by atoms with E-state index in [9.17, 15) is 4.39 Å². The topological polar surface area (TPSA) is 38.0 Å². The highest BCUT2D eigenvalue weighted by molar-refractivity contribution is 6.31. The molecule has 2 aromatic rings. The quantitative estimate of drug-likeness (QED) is 0.788. The van der Waals surface area contributed by atoms with E-state index in [4.69, 9.17) is 17.3 Å². The predicted octanol–water partition coefficient (Wildman–Crippen LogP) is 4.42. The molecule has 0 aliphatic carbocycles. The number of benzene rings is 2. The van der Waals surface area contributed by atoms with Crippen LogP contribution in [0.1, 0.15) is 11.1 Å². The Balaban J connectivity index is 2.36. The Bertz CT molecular complexity index is 576. The molecule has 0 heterocycles. The van der Waals surface area contributed by atoms with Crippen LogP contribution in [0.3, 0.4) is 0 Å². The minimum atomic E-state index is -0.514. The van der Waals surface area contributed by atoms with Crippen LogP contribution < -0.4 is 11.1 Å². The fourth-order valence-corrected chi connectivity index (χ4v) is 2.04. The zero-order chi connectivity index (χ0) is 13.3. The van der Waals surface area contributed by atoms with E-state index in [2.05, 4.69) is 11.4 Å². The van der Waals surface area contributed by atoms with Gasteiger partial charge in [0.2, 0.25) is 0 Å². The number of nitrogen functional groups attached to an aromatic ring is 1. The predicted molar refractivity (Wildman–Crippen MR) is 75.0 cm³/mol. The van der Waals surface area contributed by atoms with Gasteiger partial charge in [-0.2, -0.15) is 0 Å². The lowest BCUT2D eigenvalue weighted by molar-refractivity contribution is 0.629. The Labute approximate surface area is 111 Å². The molecule has 3 N–H and O–H groups in total. The van der Waals surface area contributed by atoms with Crippen molar-refractivity contribution in [3.05, 3.63) is 52.3 Å². The van der Waals surface area contributed by atoms with Gasteiger partial charge in [-0.1, -0.05) is 17.7 Å². The fourth-order valence-electron chi connectivity index (χ4n) is 1.87. The number of nitrogens with one attached hydrogen (secondary N) is 1. The number of hydrogen-bond donors (Lipinski definition) is 2. The van der Waals surface area contributed by atoms with Gasteiger partial charge in [0, 0.05) is 11.8 Å². The lowest BCUT2D eigenvalue weighted by atomic mass is 10.1. The Morgan fingerprint density at radius 3 is 2.28 bits per heavy atom. The Kier molecular flexibility index (Phi) is 3.43. The molecule has 2 aromatic carbocycles. The van der Waals surface area contributed by atoms with Crippen LogP contribution in [0.2, 0.25) is 5.02 Å². The molecule has 2 nitrogen and oxygen atoms in total. The van der Waals surface area contributed by atoms with Gasteiger partial charge in [-0.05, 0) is 43.2 Å². The van der Waals surface area contributed by atoms with E-state index in [1.165, 1.54) is 12.1 Å². The lowest BCUT2D eigenvalue weighted by Crippen LogP contribution is -1.98. The summed E-state index contributed by atoms with van der Waals surface area (Å²) in [7, 11) is 0. The van der Waals surface area contributed by atoms with Gasteiger partial charge in [-0.3, -0.25) is 0 Å². The summed E-state index contributed by atoms with van der Waals surface area (Å²) in [6.07, 6.45) is 0. The number of halogens is 2. The van der Waals surface area contributed by atoms with Crippen LogP contribution in [0, 0.1) is 19.7 Å². The summed E-state index contributed by atoms with van der Waals surface area (Å²) in [6, 6.07) is 8.76. The van der Waals surface area contributed by atoms with Gasteiger partial charge in [0.15, 0.2) is 0 Å². The third-order valence-corrected chi connectivity index (χ3v) is 2.88. The average Bonchev–Trinajstić information content (AvgIpc) is 2.24. The Hall–Kier alpha value is -1.74. The van der Waals surface area contributed by atoms with Gasteiger partial charge in [0.1, 0.15) is 5.82 Å². The van der Waals surface area contributed by atoms with Gasteiger partial charge in [-0.15, -0.1) is 0 Å². The highest BCUT2D eigenvalue weighted by Crippen LogP contribution is 2.29. The van der Waals surface area contributed by atoms with E-state index in [1.54, 1.807) is 0 Å². The third-order valence-electron chi connectivity index (χ3n) is 2.59. The lowest BCUT2D eigenvalue weighted by Gasteiger charge is -2.11. The van der Waals surface area contributed by atoms with Gasteiger partial charge in [0.25, 0.3) is 0 Å². The number of rotatable bonds is 2. The molecule has 94 valence electrons. The molecule has 0 aromatic heterocycles. The van der Waals surface area contributed by atoms with E-state index in [0.717, 1.165) is 16.8 Å². The largest absolute Gasteiger partial charge is 0.397 e. The summed E-state index contributed by atoms with van der Waals surface area (Å²) in [6.45, 7) is 4.03. The molecule has 0 atom stereocenters. The highest BCUT2D eigenvalue weighted by Gasteiger charge is 2.06. The van der Waals surface area contributed by atoms with Crippen molar-refractivity contribution < 1.29 is 4.39 Å². The van der Waals surface area contributed by atoms with E-state index < -0.39 is 5.82 Å². The first kappa shape index (κ1) is 12.7. The molecule has 0 spiro atoms. The number of nitrogens with two attached hydrogens (primary N) is 1. The molecule has 2 rings (SSSR count). The van der Waals surface area contributed by atoms with Gasteiger partial charge in [0.05, 0.1) is 16.4 Å². The Morgan fingerprint density at radius 1 is 1.06 bits per heavy atom. The number of anilines is 3. The van der Waals surface area contributed by atoms with Crippen LogP contribution in [0.25, 0.3) is 0 Å². The zero-order valence-corrected chi connectivity index (χ0v) is 11.0. The summed E-state index contributed by atoms with van der Waals surface area (Å²) in [5.41, 5.74) is 9.88. The van der Waals surface area contributed by atoms with E-state index in [-0.39, 0.29) is 5.02 Å². The summed E-state index contributed by atoms with van der Waals surface area (Å²) >= 11 is 5.74. The van der Waals surface area contributed by atoms with Crippen LogP contribution >= 0.6 is 11.6 Å². The van der Waals surface area contributed by atoms with Crippen molar-refractivity contribution >= 4 is 28.7 Å². The average molecular weight is 265 g/mol. The first-order valence-electron chi connectivity index (χ1n) is 5.55. The molecule has 0 amide bonds. The molecule has 0 saturated heterocycles. The van der Waals surface area contributed by atoms with Crippen LogP contribution in [-0.2, 0) is 0 Å². The van der Waals surface area contributed by atoms with Crippen molar-refractivity contribution in [2.75, 3.05) is 11.1 Å². The highest BCUT2D eigenvalue weighted by atomic mass is 35.5. The first-order chi connectivity index (χ1) is 8.45.